The summed E-state index contributed by atoms with van der Waals surface area (Å²) in [5, 5.41) is 6.58. The largest absolute Gasteiger partial charge is 0.492 e. The molecule has 0 saturated heterocycles. The highest BCUT2D eigenvalue weighted by Crippen LogP contribution is 2.25. The molecule has 22 heavy (non-hydrogen) atoms. The van der Waals surface area contributed by atoms with Crippen molar-refractivity contribution in [3.05, 3.63) is 28.8 Å². The Balaban J connectivity index is 2.26. The second kappa shape index (κ2) is 11.4. The van der Waals surface area contributed by atoms with Gasteiger partial charge in [-0.3, -0.25) is 0 Å². The molecule has 0 N–H and O–H groups in total. The lowest BCUT2D eigenvalue weighted by molar-refractivity contribution is 0.304. The normalized spacial score (nSPS) is 11.1. The van der Waals surface area contributed by atoms with Gasteiger partial charge in [-0.15, -0.1) is 0 Å². The Morgan fingerprint density at radius 1 is 1.09 bits per heavy atom. The van der Waals surface area contributed by atoms with Crippen LogP contribution in [0.5, 0.6) is 5.75 Å². The van der Waals surface area contributed by atoms with Gasteiger partial charge in [-0.2, -0.15) is 5.10 Å². The van der Waals surface area contributed by atoms with E-state index < -0.39 is 0 Å². The van der Waals surface area contributed by atoms with E-state index in [9.17, 15) is 0 Å². The number of hydrogen-bond donors (Lipinski definition) is 0. The van der Waals surface area contributed by atoms with Crippen molar-refractivity contribution in [1.29, 1.82) is 0 Å². The van der Waals surface area contributed by atoms with Crippen LogP contribution in [0.1, 0.15) is 57.4 Å². The Hall–Kier alpha value is -1.22. The fourth-order valence-electron chi connectivity index (χ4n) is 2.14. The molecule has 1 aromatic carbocycles. The first kappa shape index (κ1) is 18.8. The first-order valence-corrected chi connectivity index (χ1v) is 8.65. The summed E-state index contributed by atoms with van der Waals surface area (Å²) >= 11 is 6.24. The number of nitrogens with zero attached hydrogens (tertiary/aromatic N) is 2. The molecular formula is C18H29ClN2O. The molecule has 0 radical (unpaired) electrons. The van der Waals surface area contributed by atoms with Crippen molar-refractivity contribution in [3.8, 4) is 5.75 Å². The van der Waals surface area contributed by atoms with Gasteiger partial charge in [-0.25, -0.2) is 0 Å². The number of ether oxygens (including phenoxy) is 1. The summed E-state index contributed by atoms with van der Waals surface area (Å²) in [6, 6.07) is 5.77. The van der Waals surface area contributed by atoms with E-state index in [-0.39, 0.29) is 0 Å². The molecule has 0 saturated carbocycles. The number of benzene rings is 1. The third kappa shape index (κ3) is 8.28. The predicted molar refractivity (Wildman–Crippen MR) is 96.2 cm³/mol. The molecule has 124 valence electrons. The Bertz CT molecular complexity index is 447. The zero-order valence-corrected chi connectivity index (χ0v) is 14.9. The van der Waals surface area contributed by atoms with Gasteiger partial charge in [0.2, 0.25) is 0 Å². The second-order valence-electron chi connectivity index (χ2n) is 5.75. The molecule has 0 unspecified atom stereocenters. The van der Waals surface area contributed by atoms with Crippen LogP contribution in [-0.2, 0) is 0 Å². The average molecular weight is 325 g/mol. The lowest BCUT2D eigenvalue weighted by Gasteiger charge is -2.09. The molecule has 0 heterocycles. The number of rotatable bonds is 11. The zero-order valence-electron chi connectivity index (χ0n) is 14.1. The molecule has 0 bridgehead atoms. The van der Waals surface area contributed by atoms with Crippen LogP contribution in [-0.4, -0.2) is 31.9 Å². The van der Waals surface area contributed by atoms with Crippen molar-refractivity contribution in [2.75, 3.05) is 20.7 Å². The Labute approximate surface area is 140 Å². The highest BCUT2D eigenvalue weighted by Gasteiger charge is 2.02. The Kier molecular flexibility index (Phi) is 9.72. The van der Waals surface area contributed by atoms with Crippen molar-refractivity contribution in [3.63, 3.8) is 0 Å². The van der Waals surface area contributed by atoms with Crippen molar-refractivity contribution < 1.29 is 4.74 Å². The Morgan fingerprint density at radius 3 is 2.41 bits per heavy atom. The van der Waals surface area contributed by atoms with E-state index in [2.05, 4.69) is 12.0 Å². The van der Waals surface area contributed by atoms with Gasteiger partial charge in [0.25, 0.3) is 0 Å². The van der Waals surface area contributed by atoms with Crippen molar-refractivity contribution in [2.24, 2.45) is 5.10 Å². The molecule has 0 amide bonds. The highest BCUT2D eigenvalue weighted by molar-refractivity contribution is 6.32. The van der Waals surface area contributed by atoms with Crippen LogP contribution in [0, 0.1) is 0 Å². The molecule has 4 heteroatoms. The monoisotopic (exact) mass is 324 g/mol. The van der Waals surface area contributed by atoms with Crippen LogP contribution >= 0.6 is 11.6 Å². The first-order chi connectivity index (χ1) is 10.6. The molecule has 0 aliphatic carbocycles. The Morgan fingerprint density at radius 2 is 1.77 bits per heavy atom. The summed E-state index contributed by atoms with van der Waals surface area (Å²) in [5.41, 5.74) is 0.974. The summed E-state index contributed by atoms with van der Waals surface area (Å²) in [7, 11) is 3.77. The van der Waals surface area contributed by atoms with Crippen molar-refractivity contribution >= 4 is 17.8 Å². The predicted octanol–water partition coefficient (Wildman–Crippen LogP) is 5.36. The maximum Gasteiger partial charge on any atom is 0.137 e. The lowest BCUT2D eigenvalue weighted by Crippen LogP contribution is -2.02. The number of halogens is 1. The summed E-state index contributed by atoms with van der Waals surface area (Å²) in [6.45, 7) is 2.98. The molecule has 0 atom stereocenters. The molecule has 1 aromatic rings. The number of unbranched alkanes of at least 4 members (excludes halogenated alkanes) is 6. The van der Waals surface area contributed by atoms with Crippen LogP contribution in [0.15, 0.2) is 23.3 Å². The van der Waals surface area contributed by atoms with E-state index in [0.717, 1.165) is 24.3 Å². The van der Waals surface area contributed by atoms with Crippen LogP contribution in [0.2, 0.25) is 5.02 Å². The summed E-state index contributed by atoms with van der Waals surface area (Å²) < 4.78 is 5.76. The smallest absolute Gasteiger partial charge is 0.137 e. The van der Waals surface area contributed by atoms with E-state index in [1.807, 2.05) is 32.3 Å². The van der Waals surface area contributed by atoms with Gasteiger partial charge in [0.1, 0.15) is 5.75 Å². The van der Waals surface area contributed by atoms with Crippen LogP contribution in [0.25, 0.3) is 0 Å². The molecule has 0 aliphatic heterocycles. The van der Waals surface area contributed by atoms with Gasteiger partial charge in [-0.05, 0) is 30.2 Å². The van der Waals surface area contributed by atoms with Crippen LogP contribution in [0.3, 0.4) is 0 Å². The van der Waals surface area contributed by atoms with E-state index in [0.29, 0.717) is 5.02 Å². The van der Waals surface area contributed by atoms with Gasteiger partial charge in [0, 0.05) is 14.1 Å². The fourth-order valence-corrected chi connectivity index (χ4v) is 2.38. The average Bonchev–Trinajstić information content (AvgIpc) is 2.49. The second-order valence-corrected chi connectivity index (χ2v) is 6.16. The zero-order chi connectivity index (χ0) is 16.2. The molecule has 0 aliphatic rings. The molecule has 0 aromatic heterocycles. The standard InChI is InChI=1S/C18H29ClN2O/c1-4-5-6-7-8-9-10-13-22-18-12-11-16(14-17(18)19)15-20-21(2)3/h11-12,14-15H,4-10,13H2,1-3H3/b20-15+. The van der Waals surface area contributed by atoms with Crippen molar-refractivity contribution in [1.82, 2.24) is 5.01 Å². The minimum absolute atomic E-state index is 0.644. The van der Waals surface area contributed by atoms with Gasteiger partial charge in [0.05, 0.1) is 17.8 Å². The summed E-state index contributed by atoms with van der Waals surface area (Å²) in [6.07, 6.45) is 10.8. The molecule has 0 spiro atoms. The maximum absolute atomic E-state index is 6.24. The van der Waals surface area contributed by atoms with Gasteiger partial charge in [-0.1, -0.05) is 57.0 Å². The third-order valence-corrected chi connectivity index (χ3v) is 3.69. The van der Waals surface area contributed by atoms with E-state index in [4.69, 9.17) is 16.3 Å². The summed E-state index contributed by atoms with van der Waals surface area (Å²) in [4.78, 5) is 0. The van der Waals surface area contributed by atoms with Crippen LogP contribution < -0.4 is 4.74 Å². The lowest BCUT2D eigenvalue weighted by atomic mass is 10.1. The highest BCUT2D eigenvalue weighted by atomic mass is 35.5. The van der Waals surface area contributed by atoms with Crippen molar-refractivity contribution in [2.45, 2.75) is 51.9 Å². The van der Waals surface area contributed by atoms with Crippen LogP contribution in [0.4, 0.5) is 0 Å². The number of hydrogen-bond acceptors (Lipinski definition) is 3. The minimum atomic E-state index is 0.644. The van der Waals surface area contributed by atoms with E-state index >= 15 is 0 Å². The quantitative estimate of drug-likeness (QED) is 0.311. The molecular weight excluding hydrogens is 296 g/mol. The minimum Gasteiger partial charge on any atom is -0.492 e. The SMILES string of the molecule is CCCCCCCCCOc1ccc(/C=N/N(C)C)cc1Cl. The van der Waals surface area contributed by atoms with Gasteiger partial charge >= 0.3 is 0 Å². The van der Waals surface area contributed by atoms with Gasteiger partial charge < -0.3 is 9.75 Å². The summed E-state index contributed by atoms with van der Waals surface area (Å²) in [5.74, 6) is 0.759. The van der Waals surface area contributed by atoms with E-state index in [1.54, 1.807) is 11.2 Å². The fraction of sp³-hybridized carbons (Fsp3) is 0.611. The maximum atomic E-state index is 6.24. The topological polar surface area (TPSA) is 24.8 Å². The van der Waals surface area contributed by atoms with E-state index in [1.165, 1.54) is 38.5 Å². The molecule has 1 rings (SSSR count). The third-order valence-electron chi connectivity index (χ3n) is 3.40. The first-order valence-electron chi connectivity index (χ1n) is 8.27. The molecule has 3 nitrogen and oxygen atoms in total. The number of hydrazone groups is 1. The van der Waals surface area contributed by atoms with Gasteiger partial charge in [0.15, 0.2) is 0 Å². The molecule has 0 fully saturated rings.